The molecule has 0 aliphatic rings. The van der Waals surface area contributed by atoms with E-state index in [-0.39, 0.29) is 22.8 Å². The Kier molecular flexibility index (Phi) is 7.84. The van der Waals surface area contributed by atoms with Gasteiger partial charge in [-0.25, -0.2) is 0 Å². The highest BCUT2D eigenvalue weighted by Gasteiger charge is 2.45. The summed E-state index contributed by atoms with van der Waals surface area (Å²) in [7, 11) is -4.07. The number of nitro benzene ring substituents is 1. The largest absolute Gasteiger partial charge is 0.533 e. The summed E-state index contributed by atoms with van der Waals surface area (Å²) in [6.45, 7) is 9.64. The highest BCUT2D eigenvalue weighted by molar-refractivity contribution is 7.58. The summed E-state index contributed by atoms with van der Waals surface area (Å²) in [5, 5.41) is 20.9. The number of nitro groups is 1. The first-order valence-corrected chi connectivity index (χ1v) is 12.9. The van der Waals surface area contributed by atoms with Crippen LogP contribution in [0.25, 0.3) is 0 Å². The van der Waals surface area contributed by atoms with Crippen LogP contribution < -0.4 is 0 Å². The summed E-state index contributed by atoms with van der Waals surface area (Å²) in [4.78, 5) is 10.2. The minimum absolute atomic E-state index is 0.0614. The normalized spacial score (nSPS) is 13.7. The van der Waals surface area contributed by atoms with E-state index in [9.17, 15) is 19.8 Å². The first kappa shape index (κ1) is 24.2. The van der Waals surface area contributed by atoms with Crippen LogP contribution in [0.3, 0.4) is 0 Å². The van der Waals surface area contributed by atoms with Crippen LogP contribution in [-0.2, 0) is 29.4 Å². The Balaban J connectivity index is 3.17. The fourth-order valence-electron chi connectivity index (χ4n) is 1.78. The quantitative estimate of drug-likeness (QED) is 0.183. The summed E-state index contributed by atoms with van der Waals surface area (Å²) in [6, 6.07) is 5.63. The van der Waals surface area contributed by atoms with Crippen LogP contribution in [0.5, 0.6) is 0 Å². The zero-order chi connectivity index (χ0) is 21.8. The van der Waals surface area contributed by atoms with Crippen molar-refractivity contribution in [2.75, 3.05) is 14.2 Å². The molecule has 28 heavy (non-hydrogen) atoms. The molecule has 0 bridgehead atoms. The van der Waals surface area contributed by atoms with E-state index in [0.717, 1.165) is 0 Å². The molecule has 0 atom stereocenters. The van der Waals surface area contributed by atoms with Crippen LogP contribution in [0.1, 0.15) is 26.3 Å². The molecule has 0 saturated heterocycles. The van der Waals surface area contributed by atoms with Gasteiger partial charge >= 0.3 is 13.5 Å². The molecular weight excluding hydrogens is 405 g/mol. The van der Waals surface area contributed by atoms with Crippen molar-refractivity contribution >= 4 is 21.6 Å². The van der Waals surface area contributed by atoms with E-state index in [1.807, 2.05) is 33.9 Å². The van der Waals surface area contributed by atoms with Crippen molar-refractivity contribution in [3.8, 4) is 0 Å². The summed E-state index contributed by atoms with van der Waals surface area (Å²) < 4.78 is 34.2. The molecule has 1 N–H and O–H groups in total. The maximum absolute atomic E-state index is 12.9. The van der Waals surface area contributed by atoms with E-state index in [2.05, 4.69) is 0 Å². The van der Waals surface area contributed by atoms with Crippen molar-refractivity contribution in [3.05, 3.63) is 51.4 Å². The molecule has 158 valence electrons. The average molecular weight is 433 g/mol. The second kappa shape index (κ2) is 9.08. The van der Waals surface area contributed by atoms with Crippen LogP contribution in [0.15, 0.2) is 35.7 Å². The van der Waals surface area contributed by atoms with Crippen LogP contribution in [-0.4, -0.2) is 32.6 Å². The van der Waals surface area contributed by atoms with E-state index in [4.69, 9.17) is 18.2 Å². The lowest BCUT2D eigenvalue weighted by Crippen LogP contribution is -2.40. The lowest BCUT2D eigenvalue weighted by Gasteiger charge is -2.37. The van der Waals surface area contributed by atoms with Gasteiger partial charge in [-0.3, -0.25) is 14.7 Å². The molecule has 0 unspecified atom stereocenters. The molecule has 0 aromatic heterocycles. The van der Waals surface area contributed by atoms with Crippen molar-refractivity contribution < 1.29 is 32.8 Å². The lowest BCUT2D eigenvalue weighted by molar-refractivity contribution is -0.384. The number of non-ortho nitro benzene ring substituents is 1. The highest BCUT2D eigenvalue weighted by Crippen LogP contribution is 2.58. The van der Waals surface area contributed by atoms with Gasteiger partial charge in [-0.2, -0.15) is 0 Å². The van der Waals surface area contributed by atoms with Crippen molar-refractivity contribution in [2.45, 2.75) is 45.5 Å². The van der Waals surface area contributed by atoms with Gasteiger partial charge in [-0.05, 0) is 35.8 Å². The third-order valence-corrected chi connectivity index (χ3v) is 10.8. The van der Waals surface area contributed by atoms with Gasteiger partial charge in [0.1, 0.15) is 6.61 Å². The Morgan fingerprint density at radius 3 is 2.07 bits per heavy atom. The topological polar surface area (TPSA) is 117 Å². The summed E-state index contributed by atoms with van der Waals surface area (Å²) >= 11 is 0. The molecule has 9 nitrogen and oxygen atoms in total. The smallest absolute Gasteiger partial charge is 0.401 e. The molecule has 0 fully saturated rings. The molecule has 0 aliphatic heterocycles. The van der Waals surface area contributed by atoms with Gasteiger partial charge in [-0.15, -0.1) is 0 Å². The number of ether oxygens (including phenoxy) is 1. The van der Waals surface area contributed by atoms with E-state index in [1.54, 1.807) is 0 Å². The first-order valence-electron chi connectivity index (χ1n) is 8.48. The maximum atomic E-state index is 12.9. The van der Waals surface area contributed by atoms with Gasteiger partial charge in [0.15, 0.2) is 0 Å². The van der Waals surface area contributed by atoms with Crippen molar-refractivity contribution in [1.82, 2.24) is 0 Å². The van der Waals surface area contributed by atoms with Crippen LogP contribution in [0.4, 0.5) is 5.69 Å². The molecular formula is C17H28NO8PSi. The molecule has 0 heterocycles. The summed E-state index contributed by atoms with van der Waals surface area (Å²) in [6.07, 6.45) is 0. The fraction of sp³-hybridized carbons (Fsp3) is 0.529. The number of hydrogen-bond donors (Lipinski definition) is 1. The molecule has 1 rings (SSSR count). The Labute approximate surface area is 166 Å². The van der Waals surface area contributed by atoms with Gasteiger partial charge in [-0.1, -0.05) is 20.8 Å². The molecule has 0 amide bonds. The van der Waals surface area contributed by atoms with E-state index >= 15 is 0 Å². The maximum Gasteiger partial charge on any atom is 0.401 e. The lowest BCUT2D eigenvalue weighted by atomic mass is 10.2. The monoisotopic (exact) mass is 433 g/mol. The number of benzene rings is 1. The van der Waals surface area contributed by atoms with E-state index in [0.29, 0.717) is 5.56 Å². The van der Waals surface area contributed by atoms with Crippen molar-refractivity contribution in [3.63, 3.8) is 0 Å². The number of aliphatic hydroxyl groups excluding tert-OH is 1. The average Bonchev–Trinajstić information content (AvgIpc) is 2.63. The predicted molar refractivity (Wildman–Crippen MR) is 107 cm³/mol. The molecule has 1 aromatic carbocycles. The Morgan fingerprint density at radius 1 is 1.18 bits per heavy atom. The van der Waals surface area contributed by atoms with Gasteiger partial charge in [0.05, 0.1) is 4.92 Å². The second-order valence-corrected chi connectivity index (χ2v) is 14.4. The van der Waals surface area contributed by atoms with Crippen LogP contribution in [0.2, 0.25) is 18.1 Å². The van der Waals surface area contributed by atoms with E-state index in [1.165, 1.54) is 38.5 Å². The number of hydrogen-bond acceptors (Lipinski definition) is 8. The van der Waals surface area contributed by atoms with E-state index < -0.39 is 26.8 Å². The minimum atomic E-state index is -3.93. The zero-order valence-electron chi connectivity index (χ0n) is 17.2. The molecule has 0 spiro atoms. The van der Waals surface area contributed by atoms with Gasteiger partial charge in [0, 0.05) is 26.4 Å². The SMILES string of the molecule is COP(=O)(OC)/C(O[Si](C)(C)C(C)(C)C)=C(/O)OCc1ccc([N+](=O)[O-])cc1. The predicted octanol–water partition coefficient (Wildman–Crippen LogP) is 5.30. The van der Waals surface area contributed by atoms with Gasteiger partial charge < -0.3 is 23.3 Å². The van der Waals surface area contributed by atoms with Crippen molar-refractivity contribution in [1.29, 1.82) is 0 Å². The van der Waals surface area contributed by atoms with Gasteiger partial charge in [0.25, 0.3) is 19.5 Å². The zero-order valence-corrected chi connectivity index (χ0v) is 19.1. The van der Waals surface area contributed by atoms with Crippen LogP contribution in [0, 0.1) is 10.1 Å². The molecule has 0 radical (unpaired) electrons. The van der Waals surface area contributed by atoms with Crippen LogP contribution >= 0.6 is 7.60 Å². The molecule has 0 saturated carbocycles. The summed E-state index contributed by atoms with van der Waals surface area (Å²) in [5.41, 5.74) is 0.119. The Bertz CT molecular complexity index is 762. The Morgan fingerprint density at radius 2 is 1.68 bits per heavy atom. The first-order chi connectivity index (χ1) is 12.8. The third kappa shape index (κ3) is 5.81. The summed E-state index contributed by atoms with van der Waals surface area (Å²) in [5.74, 6) is -0.713. The second-order valence-electron chi connectivity index (χ2n) is 7.55. The number of rotatable bonds is 9. The van der Waals surface area contributed by atoms with Gasteiger partial charge in [0.2, 0.25) is 0 Å². The molecule has 0 aliphatic carbocycles. The minimum Gasteiger partial charge on any atom is -0.533 e. The standard InChI is InChI=1S/C17H28NO8PSi/c1-17(2,3)28(6,7)26-16(27(22,23-4)24-5)15(19)25-12-13-8-10-14(11-9-13)18(20)21/h8-11,19H,12H2,1-7H3/b16-15-. The van der Waals surface area contributed by atoms with Crippen molar-refractivity contribution in [2.24, 2.45) is 0 Å². The third-order valence-electron chi connectivity index (χ3n) is 4.59. The number of aliphatic hydroxyl groups is 1. The molecule has 11 heteroatoms. The highest BCUT2D eigenvalue weighted by atomic mass is 31.2. The fourth-order valence-corrected chi connectivity index (χ4v) is 4.57. The molecule has 1 aromatic rings. The number of nitrogens with zero attached hydrogens (tertiary/aromatic N) is 1. The Hall–Kier alpha value is -1.87.